The highest BCUT2D eigenvalue weighted by atomic mass is 79.9. The highest BCUT2D eigenvalue weighted by molar-refractivity contribution is 9.10. The number of hydrogen-bond acceptors (Lipinski definition) is 17. The molecule has 1 amide bonds. The summed E-state index contributed by atoms with van der Waals surface area (Å²) >= 11 is 14.6. The molecule has 0 spiro atoms. The molecule has 0 radical (unpaired) electrons. The molecular formula is C57H79BBr2F3N7O9S4. The van der Waals surface area contributed by atoms with Crippen LogP contribution >= 0.6 is 67.2 Å². The normalized spacial score (nSPS) is 20.4. The highest BCUT2D eigenvalue weighted by Crippen LogP contribution is 2.39. The van der Waals surface area contributed by atoms with Gasteiger partial charge < -0.3 is 43.8 Å². The summed E-state index contributed by atoms with van der Waals surface area (Å²) in [6.45, 7) is 21.4. The van der Waals surface area contributed by atoms with E-state index >= 15 is 0 Å². The number of allylic oxidation sites excluding steroid dienone is 1. The maximum atomic E-state index is 12.4. The van der Waals surface area contributed by atoms with Crippen molar-refractivity contribution < 1.29 is 54.5 Å². The standard InChI is InChI=1S/C19H27BN2O2S.C13H15BrN2S.C12H18F3NO5S.C7H13NO2.C6H6BrNS/c1-18(2)19(3,4)24-20(23-18)14-6-7-16-15(12-14)21-17(25-16)13-8-10-22(5)11-9-13;1-16-6-4-9(5-7-16)13-15-11-8-10(14)2-3-12(11)17-13;1-8-5-6-9(21-22(18,19)12(13,14)15)16(7-8)10(17)20-11(2,3)4;1-8-4-2-6(3-5-8)7(9)10;7-4-1-2-6(9)5(8)3-4/h6-7,12-13H,8-11H2,1-5H3;2-3,8-9H,4-7H2,1H3;6,8H,5,7H2,1-4H3;6H,2-5H2,1H3,(H,9,10);1-3,9H,8H2/t;;8-;;/m..0../s1. The average Bonchev–Trinajstić information content (AvgIpc) is 3.62. The van der Waals surface area contributed by atoms with Crippen LogP contribution in [0.25, 0.3) is 20.4 Å². The molecule has 3 N–H and O–H groups in total. The lowest BCUT2D eigenvalue weighted by Gasteiger charge is -2.32. The number of aromatic nitrogens is 2. The van der Waals surface area contributed by atoms with Crippen molar-refractivity contribution in [2.75, 3.05) is 72.7 Å². The van der Waals surface area contributed by atoms with Gasteiger partial charge in [-0.25, -0.2) is 19.7 Å². The van der Waals surface area contributed by atoms with Crippen LogP contribution in [0.15, 0.2) is 80.4 Å². The van der Waals surface area contributed by atoms with Gasteiger partial charge in [0.15, 0.2) is 0 Å². The molecule has 10 rings (SSSR count). The van der Waals surface area contributed by atoms with Crippen LogP contribution in [0.3, 0.4) is 0 Å². The molecule has 5 aliphatic rings. The maximum Gasteiger partial charge on any atom is 0.534 e. The van der Waals surface area contributed by atoms with Crippen molar-refractivity contribution in [2.24, 2.45) is 11.8 Å². The van der Waals surface area contributed by atoms with Crippen molar-refractivity contribution in [3.63, 3.8) is 0 Å². The van der Waals surface area contributed by atoms with E-state index in [-0.39, 0.29) is 43.1 Å². The zero-order valence-electron chi connectivity index (χ0n) is 49.1. The molecule has 0 aliphatic carbocycles. The Bertz CT molecular complexity index is 3120. The van der Waals surface area contributed by atoms with Gasteiger partial charge in [0.25, 0.3) is 0 Å². The number of anilines is 1. The minimum Gasteiger partial charge on any atom is -0.481 e. The quantitative estimate of drug-likeness (QED) is 0.0478. The van der Waals surface area contributed by atoms with Crippen LogP contribution in [0.5, 0.6) is 0 Å². The number of carbonyl (C=O) groups is 2. The van der Waals surface area contributed by atoms with E-state index in [1.807, 2.05) is 47.9 Å². The number of piperidine rings is 3. The van der Waals surface area contributed by atoms with Gasteiger partial charge in [0.05, 0.1) is 47.6 Å². The van der Waals surface area contributed by atoms with Gasteiger partial charge in [0.2, 0.25) is 5.88 Å². The van der Waals surface area contributed by atoms with Crippen LogP contribution in [-0.4, -0.2) is 152 Å². The number of nitrogen functional groups attached to an aromatic ring is 1. The summed E-state index contributed by atoms with van der Waals surface area (Å²) in [5.74, 6) is -0.210. The molecule has 7 heterocycles. The molecule has 4 fully saturated rings. The number of benzene rings is 3. The van der Waals surface area contributed by atoms with E-state index < -0.39 is 39.2 Å². The van der Waals surface area contributed by atoms with Gasteiger partial charge in [0.1, 0.15) is 5.60 Å². The summed E-state index contributed by atoms with van der Waals surface area (Å²) < 4.78 is 85.5. The smallest absolute Gasteiger partial charge is 0.481 e. The summed E-state index contributed by atoms with van der Waals surface area (Å²) in [5.41, 5.74) is 2.41. The molecule has 3 aromatic carbocycles. The number of carboxylic acids is 1. The molecule has 458 valence electrons. The fraction of sp³-hybridized carbons (Fsp3) is 0.579. The van der Waals surface area contributed by atoms with Crippen LogP contribution in [0.1, 0.15) is 122 Å². The molecule has 83 heavy (non-hydrogen) atoms. The lowest BCUT2D eigenvalue weighted by Crippen LogP contribution is -2.42. The molecule has 26 heteroatoms. The van der Waals surface area contributed by atoms with E-state index in [0.29, 0.717) is 17.5 Å². The van der Waals surface area contributed by atoms with E-state index in [9.17, 15) is 31.2 Å². The number of aliphatic carboxylic acids is 1. The van der Waals surface area contributed by atoms with Gasteiger partial charge in [-0.15, -0.1) is 35.3 Å². The first-order chi connectivity index (χ1) is 38.6. The van der Waals surface area contributed by atoms with Gasteiger partial charge >= 0.3 is 34.8 Å². The number of amides is 1. The van der Waals surface area contributed by atoms with Crippen molar-refractivity contribution >= 4 is 128 Å². The van der Waals surface area contributed by atoms with Gasteiger partial charge in [-0.05, 0) is 220 Å². The predicted octanol–water partition coefficient (Wildman–Crippen LogP) is 13.0. The fourth-order valence-electron chi connectivity index (χ4n) is 9.26. The third kappa shape index (κ3) is 19.7. The van der Waals surface area contributed by atoms with Gasteiger partial charge in [0, 0.05) is 37.9 Å². The fourth-order valence-corrected chi connectivity index (χ4v) is 12.8. The molecule has 0 bridgehead atoms. The van der Waals surface area contributed by atoms with Crippen molar-refractivity contribution in [1.82, 2.24) is 29.6 Å². The van der Waals surface area contributed by atoms with Crippen molar-refractivity contribution in [2.45, 2.75) is 139 Å². The first-order valence-electron chi connectivity index (χ1n) is 27.7. The number of alkyl halides is 3. The summed E-state index contributed by atoms with van der Waals surface area (Å²) in [5, 5.41) is 11.2. The number of likely N-dealkylation sites (tertiary alicyclic amines) is 3. The van der Waals surface area contributed by atoms with Crippen molar-refractivity contribution in [1.29, 1.82) is 0 Å². The van der Waals surface area contributed by atoms with E-state index in [4.69, 9.17) is 34.9 Å². The Labute approximate surface area is 518 Å². The largest absolute Gasteiger partial charge is 0.534 e. The monoisotopic (exact) mass is 1360 g/mol. The predicted molar refractivity (Wildman–Crippen MR) is 336 cm³/mol. The molecule has 5 aliphatic heterocycles. The lowest BCUT2D eigenvalue weighted by molar-refractivity contribution is -0.143. The number of ether oxygens (including phenoxy) is 1. The Morgan fingerprint density at radius 1 is 0.771 bits per heavy atom. The van der Waals surface area contributed by atoms with Gasteiger partial charge in [-0.1, -0.05) is 44.8 Å². The number of rotatable bonds is 6. The molecule has 1 atom stereocenters. The third-order valence-corrected chi connectivity index (χ3v) is 19.8. The minimum absolute atomic E-state index is 0.00583. The number of fused-ring (bicyclic) bond motifs is 2. The summed E-state index contributed by atoms with van der Waals surface area (Å²) in [4.78, 5) is 40.7. The lowest BCUT2D eigenvalue weighted by atomic mass is 9.79. The molecule has 16 nitrogen and oxygen atoms in total. The van der Waals surface area contributed by atoms with Gasteiger partial charge in [-0.2, -0.15) is 21.6 Å². The van der Waals surface area contributed by atoms with Crippen LogP contribution in [0, 0.1) is 11.8 Å². The zero-order valence-corrected chi connectivity index (χ0v) is 55.6. The number of thiazole rings is 2. The number of carbonyl (C=O) groups excluding carboxylic acids is 1. The van der Waals surface area contributed by atoms with E-state index in [1.54, 1.807) is 27.7 Å². The SMILES string of the molecule is CN1CCC(C(=O)O)CC1.CN1CCC(c2nc3cc(B4OC(C)(C)C(C)(C)O4)ccc3s2)CC1.CN1CCC(c2nc3cc(Br)ccc3s2)CC1.C[C@H]1CC=C(OS(=O)(=O)C(F)(F)F)N(C(=O)OC(C)(C)C)C1.Nc1cc(Br)ccc1S. The second-order valence-corrected chi connectivity index (χ2v) is 29.7. The zero-order chi connectivity index (χ0) is 61.4. The van der Waals surface area contributed by atoms with Crippen LogP contribution in [0.4, 0.5) is 23.7 Å². The van der Waals surface area contributed by atoms with E-state index in [0.717, 1.165) is 67.2 Å². The Morgan fingerprint density at radius 2 is 1.23 bits per heavy atom. The molecule has 4 saturated heterocycles. The summed E-state index contributed by atoms with van der Waals surface area (Å²) in [6.07, 6.45) is 6.97. The number of thiol groups is 1. The minimum atomic E-state index is -5.84. The van der Waals surface area contributed by atoms with E-state index in [2.05, 4.69) is 142 Å². The van der Waals surface area contributed by atoms with Gasteiger partial charge in [-0.3, -0.25) is 4.79 Å². The second kappa shape index (κ2) is 29.0. The Balaban J connectivity index is 0.000000175. The third-order valence-electron chi connectivity index (χ3n) is 15.1. The summed E-state index contributed by atoms with van der Waals surface area (Å²) in [7, 11) is 0.266. The highest BCUT2D eigenvalue weighted by Gasteiger charge is 2.52. The first kappa shape index (κ1) is 68.5. The molecule has 2 aromatic heterocycles. The molecule has 0 unspecified atom stereocenters. The van der Waals surface area contributed by atoms with Crippen LogP contribution in [0.2, 0.25) is 0 Å². The van der Waals surface area contributed by atoms with Crippen LogP contribution in [-0.2, 0) is 33.1 Å². The van der Waals surface area contributed by atoms with Crippen molar-refractivity contribution in [3.8, 4) is 0 Å². The van der Waals surface area contributed by atoms with Crippen LogP contribution < -0.4 is 11.2 Å². The summed E-state index contributed by atoms with van der Waals surface area (Å²) in [6, 6.07) is 18.4. The number of carboxylic acid groups (broad SMARTS) is 1. The Hall–Kier alpha value is -3.57. The number of nitrogens with zero attached hydrogens (tertiary/aromatic N) is 6. The number of nitrogens with two attached hydrogens (primary N) is 1. The topological polar surface area (TPSA) is 190 Å². The Morgan fingerprint density at radius 3 is 1.69 bits per heavy atom. The average molecular weight is 1360 g/mol. The molecule has 0 saturated carbocycles. The second-order valence-electron chi connectivity index (χ2n) is 23.8. The number of halogens is 5. The molecule has 5 aromatic rings. The first-order valence-corrected chi connectivity index (χ1v) is 32.7. The van der Waals surface area contributed by atoms with Crippen molar-refractivity contribution in [3.05, 3.63) is 85.5 Å². The number of hydrogen-bond donors (Lipinski definition) is 3. The maximum absolute atomic E-state index is 12.4. The molecular weight excluding hydrogens is 1280 g/mol. The Kier molecular flexibility index (Phi) is 23.9. The van der Waals surface area contributed by atoms with E-state index in [1.165, 1.54) is 71.3 Å².